The van der Waals surface area contributed by atoms with E-state index in [2.05, 4.69) is 4.98 Å². The third-order valence-electron chi connectivity index (χ3n) is 1.61. The van der Waals surface area contributed by atoms with Gasteiger partial charge in [0.2, 0.25) is 0 Å². The molecule has 11 heavy (non-hydrogen) atoms. The van der Waals surface area contributed by atoms with E-state index in [0.29, 0.717) is 6.42 Å². The van der Waals surface area contributed by atoms with Crippen molar-refractivity contribution in [2.75, 3.05) is 0 Å². The van der Waals surface area contributed by atoms with Crippen molar-refractivity contribution in [3.8, 4) is 0 Å². The first-order valence-corrected chi connectivity index (χ1v) is 3.78. The van der Waals surface area contributed by atoms with E-state index in [-0.39, 0.29) is 6.10 Å². The third kappa shape index (κ3) is 2.31. The highest BCUT2D eigenvalue weighted by atomic mass is 16.3. The average molecular weight is 151 g/mol. The molecule has 1 aromatic heterocycles. The fourth-order valence-electron chi connectivity index (χ4n) is 1.01. The highest BCUT2D eigenvalue weighted by molar-refractivity contribution is 5.17. The van der Waals surface area contributed by atoms with Gasteiger partial charge in [0.05, 0.1) is 6.10 Å². The Morgan fingerprint density at radius 1 is 1.64 bits per heavy atom. The first-order chi connectivity index (χ1) is 5.20. The standard InChI is InChI=1S/C9H13NO/c1-7-4-3-5-10-9(7)6-8(2)11/h3-5,8,11H,6H2,1-2H3/t8-/m0/s1. The Morgan fingerprint density at radius 2 is 2.36 bits per heavy atom. The lowest BCUT2D eigenvalue weighted by Gasteiger charge is -2.05. The van der Waals surface area contributed by atoms with Crippen molar-refractivity contribution < 1.29 is 5.11 Å². The minimum atomic E-state index is -0.302. The number of aromatic nitrogens is 1. The van der Waals surface area contributed by atoms with Crippen LogP contribution in [0, 0.1) is 6.92 Å². The minimum absolute atomic E-state index is 0.302. The van der Waals surface area contributed by atoms with E-state index >= 15 is 0 Å². The van der Waals surface area contributed by atoms with Crippen molar-refractivity contribution in [1.82, 2.24) is 4.98 Å². The van der Waals surface area contributed by atoms with E-state index in [1.165, 1.54) is 0 Å². The second kappa shape index (κ2) is 3.49. The van der Waals surface area contributed by atoms with Crippen molar-refractivity contribution in [3.05, 3.63) is 29.6 Å². The quantitative estimate of drug-likeness (QED) is 0.691. The first-order valence-electron chi connectivity index (χ1n) is 3.78. The summed E-state index contributed by atoms with van der Waals surface area (Å²) in [7, 11) is 0. The maximum Gasteiger partial charge on any atom is 0.0567 e. The molecule has 0 unspecified atom stereocenters. The zero-order chi connectivity index (χ0) is 8.27. The summed E-state index contributed by atoms with van der Waals surface area (Å²) in [6.07, 6.45) is 2.10. The molecule has 1 aromatic rings. The molecule has 0 aliphatic rings. The fraction of sp³-hybridized carbons (Fsp3) is 0.444. The number of hydrogen-bond acceptors (Lipinski definition) is 2. The number of hydrogen-bond donors (Lipinski definition) is 1. The first kappa shape index (κ1) is 8.21. The summed E-state index contributed by atoms with van der Waals surface area (Å²) >= 11 is 0. The molecule has 0 saturated carbocycles. The summed E-state index contributed by atoms with van der Waals surface area (Å²) in [5.41, 5.74) is 2.14. The highest BCUT2D eigenvalue weighted by Gasteiger charge is 2.01. The molecule has 0 radical (unpaired) electrons. The van der Waals surface area contributed by atoms with Crippen LogP contribution in [-0.2, 0) is 6.42 Å². The number of nitrogens with zero attached hydrogens (tertiary/aromatic N) is 1. The van der Waals surface area contributed by atoms with Crippen LogP contribution in [0.5, 0.6) is 0 Å². The van der Waals surface area contributed by atoms with Crippen molar-refractivity contribution in [2.24, 2.45) is 0 Å². The minimum Gasteiger partial charge on any atom is -0.393 e. The van der Waals surface area contributed by atoms with Gasteiger partial charge in [0.25, 0.3) is 0 Å². The lowest BCUT2D eigenvalue weighted by molar-refractivity contribution is 0.194. The molecule has 0 fully saturated rings. The maximum atomic E-state index is 9.09. The Bertz CT molecular complexity index is 233. The van der Waals surface area contributed by atoms with E-state index in [0.717, 1.165) is 11.3 Å². The molecule has 1 N–H and O–H groups in total. The molecule has 0 spiro atoms. The Morgan fingerprint density at radius 3 is 2.91 bits per heavy atom. The molecule has 1 heterocycles. The Labute approximate surface area is 66.9 Å². The molecule has 0 bridgehead atoms. The van der Waals surface area contributed by atoms with Crippen LogP contribution < -0.4 is 0 Å². The molecule has 0 amide bonds. The molecular weight excluding hydrogens is 138 g/mol. The SMILES string of the molecule is Cc1cccnc1C[C@H](C)O. The lowest BCUT2D eigenvalue weighted by atomic mass is 10.1. The molecule has 0 saturated heterocycles. The maximum absolute atomic E-state index is 9.09. The number of pyridine rings is 1. The molecule has 2 nitrogen and oxygen atoms in total. The van der Waals surface area contributed by atoms with Gasteiger partial charge in [-0.25, -0.2) is 0 Å². The second-order valence-electron chi connectivity index (χ2n) is 2.82. The zero-order valence-corrected chi connectivity index (χ0v) is 6.91. The molecule has 0 aliphatic carbocycles. The Kier molecular flexibility index (Phi) is 2.60. The van der Waals surface area contributed by atoms with E-state index in [1.807, 2.05) is 19.1 Å². The van der Waals surface area contributed by atoms with E-state index in [1.54, 1.807) is 13.1 Å². The normalized spacial score (nSPS) is 13.0. The van der Waals surface area contributed by atoms with Gasteiger partial charge in [-0.15, -0.1) is 0 Å². The van der Waals surface area contributed by atoms with Crippen molar-refractivity contribution in [1.29, 1.82) is 0 Å². The molecule has 2 heteroatoms. The van der Waals surface area contributed by atoms with Gasteiger partial charge in [0.1, 0.15) is 0 Å². The largest absolute Gasteiger partial charge is 0.393 e. The molecule has 1 rings (SSSR count). The van der Waals surface area contributed by atoms with E-state index in [4.69, 9.17) is 5.11 Å². The predicted octanol–water partition coefficient (Wildman–Crippen LogP) is 1.31. The van der Waals surface area contributed by atoms with Crippen LogP contribution in [0.4, 0.5) is 0 Å². The summed E-state index contributed by atoms with van der Waals surface area (Å²) in [5, 5.41) is 9.09. The van der Waals surface area contributed by atoms with Crippen molar-refractivity contribution in [2.45, 2.75) is 26.4 Å². The number of aliphatic hydroxyl groups is 1. The van der Waals surface area contributed by atoms with Crippen LogP contribution in [0.2, 0.25) is 0 Å². The van der Waals surface area contributed by atoms with Gasteiger partial charge < -0.3 is 5.11 Å². The second-order valence-corrected chi connectivity index (χ2v) is 2.82. The average Bonchev–Trinajstić information content (AvgIpc) is 1.93. The highest BCUT2D eigenvalue weighted by Crippen LogP contribution is 2.05. The van der Waals surface area contributed by atoms with Crippen LogP contribution in [0.15, 0.2) is 18.3 Å². The smallest absolute Gasteiger partial charge is 0.0567 e. The van der Waals surface area contributed by atoms with Gasteiger partial charge in [-0.05, 0) is 25.5 Å². The van der Waals surface area contributed by atoms with E-state index in [9.17, 15) is 0 Å². The lowest BCUT2D eigenvalue weighted by Crippen LogP contribution is -2.07. The van der Waals surface area contributed by atoms with Crippen LogP contribution in [0.1, 0.15) is 18.2 Å². The zero-order valence-electron chi connectivity index (χ0n) is 6.91. The van der Waals surface area contributed by atoms with Crippen LogP contribution in [0.3, 0.4) is 0 Å². The predicted molar refractivity (Wildman–Crippen MR) is 44.4 cm³/mol. The number of aryl methyl sites for hydroxylation is 1. The Hall–Kier alpha value is -0.890. The number of rotatable bonds is 2. The van der Waals surface area contributed by atoms with Crippen LogP contribution in [-0.4, -0.2) is 16.2 Å². The van der Waals surface area contributed by atoms with Gasteiger partial charge in [0, 0.05) is 18.3 Å². The summed E-state index contributed by atoms with van der Waals surface area (Å²) in [6, 6.07) is 3.91. The fourth-order valence-corrected chi connectivity index (χ4v) is 1.01. The molecule has 0 aromatic carbocycles. The summed E-state index contributed by atoms with van der Waals surface area (Å²) in [6.45, 7) is 3.78. The molecule has 0 aliphatic heterocycles. The summed E-state index contributed by atoms with van der Waals surface area (Å²) in [5.74, 6) is 0. The van der Waals surface area contributed by atoms with Gasteiger partial charge in [-0.3, -0.25) is 4.98 Å². The summed E-state index contributed by atoms with van der Waals surface area (Å²) < 4.78 is 0. The van der Waals surface area contributed by atoms with Gasteiger partial charge in [-0.1, -0.05) is 6.07 Å². The van der Waals surface area contributed by atoms with Crippen LogP contribution >= 0.6 is 0 Å². The van der Waals surface area contributed by atoms with Crippen molar-refractivity contribution in [3.63, 3.8) is 0 Å². The van der Waals surface area contributed by atoms with E-state index < -0.39 is 0 Å². The molecule has 1 atom stereocenters. The van der Waals surface area contributed by atoms with Gasteiger partial charge >= 0.3 is 0 Å². The van der Waals surface area contributed by atoms with Gasteiger partial charge in [0.15, 0.2) is 0 Å². The topological polar surface area (TPSA) is 33.1 Å². The van der Waals surface area contributed by atoms with Crippen LogP contribution in [0.25, 0.3) is 0 Å². The number of aliphatic hydroxyl groups excluding tert-OH is 1. The monoisotopic (exact) mass is 151 g/mol. The van der Waals surface area contributed by atoms with Gasteiger partial charge in [-0.2, -0.15) is 0 Å². The molecule has 60 valence electrons. The summed E-state index contributed by atoms with van der Waals surface area (Å²) in [4.78, 5) is 4.16. The third-order valence-corrected chi connectivity index (χ3v) is 1.61. The van der Waals surface area contributed by atoms with Crippen molar-refractivity contribution >= 4 is 0 Å². The Balaban J connectivity index is 2.78. The molecular formula is C9H13NO.